The molecule has 1 aliphatic rings. The number of hydrogen-bond donors (Lipinski definition) is 0. The third-order valence-corrected chi connectivity index (χ3v) is 4.57. The van der Waals surface area contributed by atoms with Crippen molar-refractivity contribution in [2.75, 3.05) is 6.61 Å². The third-order valence-electron chi connectivity index (χ3n) is 4.57. The second-order valence-electron chi connectivity index (χ2n) is 6.53. The molecule has 2 nitrogen and oxygen atoms in total. The molecule has 2 heteroatoms. The van der Waals surface area contributed by atoms with Crippen LogP contribution < -0.4 is 0 Å². The maximum absolute atomic E-state index is 12.0. The molecule has 1 atom stereocenters. The first-order chi connectivity index (χ1) is 9.33. The lowest BCUT2D eigenvalue weighted by Gasteiger charge is -2.39. The van der Waals surface area contributed by atoms with Crippen LogP contribution in [0.1, 0.15) is 67.2 Å². The Balaban J connectivity index is 3.13. The van der Waals surface area contributed by atoms with Crippen molar-refractivity contribution in [3.8, 4) is 0 Å². The van der Waals surface area contributed by atoms with Crippen molar-refractivity contribution in [3.63, 3.8) is 0 Å². The Morgan fingerprint density at radius 1 is 1.45 bits per heavy atom. The Labute approximate surface area is 124 Å². The minimum absolute atomic E-state index is 0.0830. The van der Waals surface area contributed by atoms with Gasteiger partial charge in [-0.15, -0.1) is 0 Å². The quantitative estimate of drug-likeness (QED) is 0.519. The molecule has 0 fully saturated rings. The summed E-state index contributed by atoms with van der Waals surface area (Å²) in [6.45, 7) is 13.4. The van der Waals surface area contributed by atoms with Gasteiger partial charge in [0, 0.05) is 5.92 Å². The zero-order chi connectivity index (χ0) is 15.3. The van der Waals surface area contributed by atoms with Crippen LogP contribution in [0.15, 0.2) is 22.8 Å². The summed E-state index contributed by atoms with van der Waals surface area (Å²) in [5.74, 6) is 0.120. The van der Waals surface area contributed by atoms with Gasteiger partial charge >= 0.3 is 5.97 Å². The molecule has 0 saturated heterocycles. The first-order valence-electron chi connectivity index (χ1n) is 7.82. The van der Waals surface area contributed by atoms with Gasteiger partial charge in [-0.3, -0.25) is 4.79 Å². The van der Waals surface area contributed by atoms with Crippen LogP contribution in [0.5, 0.6) is 0 Å². The van der Waals surface area contributed by atoms with Crippen LogP contribution in [0, 0.1) is 11.3 Å². The molecular formula is C18H30O2. The van der Waals surface area contributed by atoms with E-state index in [1.165, 1.54) is 29.6 Å². The monoisotopic (exact) mass is 278 g/mol. The van der Waals surface area contributed by atoms with E-state index < -0.39 is 0 Å². The van der Waals surface area contributed by atoms with E-state index in [0.29, 0.717) is 13.0 Å². The lowest BCUT2D eigenvalue weighted by Crippen LogP contribution is -2.28. The molecule has 0 bridgehead atoms. The summed E-state index contributed by atoms with van der Waals surface area (Å²) < 4.78 is 5.17. The fourth-order valence-corrected chi connectivity index (χ4v) is 3.49. The van der Waals surface area contributed by atoms with Gasteiger partial charge in [0.05, 0.1) is 13.0 Å². The second-order valence-corrected chi connectivity index (χ2v) is 6.53. The molecule has 0 aromatic rings. The zero-order valence-corrected chi connectivity index (χ0v) is 14.0. The number of esters is 1. The highest BCUT2D eigenvalue weighted by Crippen LogP contribution is 2.46. The molecule has 0 N–H and O–H groups in total. The van der Waals surface area contributed by atoms with Gasteiger partial charge in [-0.25, -0.2) is 0 Å². The lowest BCUT2D eigenvalue weighted by atomic mass is 9.66. The summed E-state index contributed by atoms with van der Waals surface area (Å²) in [6.07, 6.45) is 6.23. The largest absolute Gasteiger partial charge is 0.466 e. The molecule has 20 heavy (non-hydrogen) atoms. The van der Waals surface area contributed by atoms with E-state index in [0.717, 1.165) is 6.42 Å². The van der Waals surface area contributed by atoms with Crippen molar-refractivity contribution in [2.45, 2.75) is 67.2 Å². The summed E-state index contributed by atoms with van der Waals surface area (Å²) >= 11 is 0. The van der Waals surface area contributed by atoms with E-state index in [4.69, 9.17) is 4.74 Å². The second kappa shape index (κ2) is 7.10. The smallest absolute Gasteiger partial charge is 0.306 e. The average molecular weight is 278 g/mol. The molecule has 0 aromatic heterocycles. The highest BCUT2D eigenvalue weighted by molar-refractivity contribution is 5.71. The number of carbonyl (C=O) groups excluding carboxylic acids is 1. The van der Waals surface area contributed by atoms with E-state index in [1.54, 1.807) is 0 Å². The predicted octanol–water partition coefficient (Wildman–Crippen LogP) is 5.05. The number of carbonyl (C=O) groups is 1. The lowest BCUT2D eigenvalue weighted by molar-refractivity contribution is -0.143. The molecule has 0 saturated carbocycles. The predicted molar refractivity (Wildman–Crippen MR) is 84.5 cm³/mol. The highest BCUT2D eigenvalue weighted by Gasteiger charge is 2.35. The molecule has 1 aliphatic carbocycles. The fourth-order valence-electron chi connectivity index (χ4n) is 3.49. The van der Waals surface area contributed by atoms with Crippen molar-refractivity contribution in [1.82, 2.24) is 0 Å². The first kappa shape index (κ1) is 17.0. The highest BCUT2D eigenvalue weighted by atomic mass is 16.5. The van der Waals surface area contributed by atoms with E-state index in [-0.39, 0.29) is 17.3 Å². The van der Waals surface area contributed by atoms with E-state index >= 15 is 0 Å². The summed E-state index contributed by atoms with van der Waals surface area (Å²) in [6, 6.07) is 0. The van der Waals surface area contributed by atoms with Crippen LogP contribution in [0.4, 0.5) is 0 Å². The van der Waals surface area contributed by atoms with Crippen molar-refractivity contribution < 1.29 is 9.53 Å². The molecule has 0 spiro atoms. The SMILES string of the molecule is CC=C(C)C(CC(=O)OCC)C1=C(C)CCCC1(C)C. The molecule has 1 unspecified atom stereocenters. The molecule has 114 valence electrons. The van der Waals surface area contributed by atoms with Gasteiger partial charge in [0.15, 0.2) is 0 Å². The fraction of sp³-hybridized carbons (Fsp3) is 0.722. The van der Waals surface area contributed by atoms with Crippen LogP contribution in [-0.2, 0) is 9.53 Å². The van der Waals surface area contributed by atoms with Crippen molar-refractivity contribution in [2.24, 2.45) is 11.3 Å². The number of rotatable bonds is 5. The molecule has 0 aromatic carbocycles. The maximum atomic E-state index is 12.0. The Morgan fingerprint density at radius 3 is 2.60 bits per heavy atom. The van der Waals surface area contributed by atoms with E-state index in [9.17, 15) is 4.79 Å². The maximum Gasteiger partial charge on any atom is 0.306 e. The van der Waals surface area contributed by atoms with Crippen LogP contribution in [0.25, 0.3) is 0 Å². The Hall–Kier alpha value is -1.05. The molecule has 0 aliphatic heterocycles. The van der Waals surface area contributed by atoms with Gasteiger partial charge in [-0.2, -0.15) is 0 Å². The van der Waals surface area contributed by atoms with Gasteiger partial charge < -0.3 is 4.74 Å². The van der Waals surface area contributed by atoms with Crippen LogP contribution in [0.2, 0.25) is 0 Å². The van der Waals surface area contributed by atoms with Gasteiger partial charge in [0.25, 0.3) is 0 Å². The summed E-state index contributed by atoms with van der Waals surface area (Å²) in [5, 5.41) is 0. The number of ether oxygens (including phenoxy) is 1. The van der Waals surface area contributed by atoms with Gasteiger partial charge in [-0.1, -0.05) is 36.6 Å². The van der Waals surface area contributed by atoms with E-state index in [1.807, 2.05) is 6.92 Å². The molecule has 0 amide bonds. The zero-order valence-electron chi connectivity index (χ0n) is 14.0. The van der Waals surface area contributed by atoms with Gasteiger partial charge in [0.2, 0.25) is 0 Å². The van der Waals surface area contributed by atoms with Crippen LogP contribution >= 0.6 is 0 Å². The summed E-state index contributed by atoms with van der Waals surface area (Å²) in [7, 11) is 0. The number of allylic oxidation sites excluding steroid dienone is 4. The topological polar surface area (TPSA) is 26.3 Å². The summed E-state index contributed by atoms with van der Waals surface area (Å²) in [4.78, 5) is 12.0. The van der Waals surface area contributed by atoms with E-state index in [2.05, 4.69) is 40.7 Å². The van der Waals surface area contributed by atoms with Gasteiger partial charge in [-0.05, 0) is 52.4 Å². The normalized spacial score (nSPS) is 20.8. The van der Waals surface area contributed by atoms with Crippen LogP contribution in [0.3, 0.4) is 0 Å². The Bertz CT molecular complexity index is 413. The molecule has 1 rings (SSSR count). The minimum Gasteiger partial charge on any atom is -0.466 e. The molecule has 0 radical (unpaired) electrons. The molecule has 0 heterocycles. The average Bonchev–Trinajstić information content (AvgIpc) is 2.35. The molecular weight excluding hydrogens is 248 g/mol. The standard InChI is InChI=1S/C18H30O2/c1-7-13(3)15(12-16(19)20-8-2)17-14(4)10-9-11-18(17,5)6/h7,15H,8-12H2,1-6H3. The van der Waals surface area contributed by atoms with Crippen LogP contribution in [-0.4, -0.2) is 12.6 Å². The van der Waals surface area contributed by atoms with Crippen molar-refractivity contribution in [3.05, 3.63) is 22.8 Å². The Kier molecular flexibility index (Phi) is 6.04. The Morgan fingerprint density at radius 2 is 2.10 bits per heavy atom. The van der Waals surface area contributed by atoms with Crippen molar-refractivity contribution in [1.29, 1.82) is 0 Å². The van der Waals surface area contributed by atoms with Gasteiger partial charge in [0.1, 0.15) is 0 Å². The third kappa shape index (κ3) is 3.97. The minimum atomic E-state index is -0.0830. The van der Waals surface area contributed by atoms with Crippen molar-refractivity contribution >= 4 is 5.97 Å². The number of hydrogen-bond acceptors (Lipinski definition) is 2. The first-order valence-corrected chi connectivity index (χ1v) is 7.82. The summed E-state index contributed by atoms with van der Waals surface area (Å²) in [5.41, 5.74) is 4.40.